The van der Waals surface area contributed by atoms with Crippen LogP contribution in [0.3, 0.4) is 0 Å². The van der Waals surface area contributed by atoms with E-state index in [0.29, 0.717) is 11.3 Å². The van der Waals surface area contributed by atoms with Crippen molar-refractivity contribution in [1.82, 2.24) is 0 Å². The normalized spacial score (nSPS) is 10.9. The second-order valence-electron chi connectivity index (χ2n) is 4.27. The van der Waals surface area contributed by atoms with Gasteiger partial charge in [0.05, 0.1) is 12.7 Å². The standard InChI is InChI=1S/C16H16O2S/c1-11-10-13(12(2)19-11)8-9-15(17)14-6-4-5-7-16(14)18-3/h4-10H,1-3H3/b9-8+. The van der Waals surface area contributed by atoms with Crippen molar-refractivity contribution in [3.8, 4) is 5.75 Å². The average Bonchev–Trinajstić information content (AvgIpc) is 2.74. The van der Waals surface area contributed by atoms with Crippen molar-refractivity contribution in [2.75, 3.05) is 7.11 Å². The Balaban J connectivity index is 2.24. The van der Waals surface area contributed by atoms with E-state index in [4.69, 9.17) is 4.74 Å². The number of hydrogen-bond donors (Lipinski definition) is 0. The van der Waals surface area contributed by atoms with Gasteiger partial charge in [0.15, 0.2) is 5.78 Å². The number of carbonyl (C=O) groups excluding carboxylic acids is 1. The molecule has 0 spiro atoms. The van der Waals surface area contributed by atoms with Gasteiger partial charge >= 0.3 is 0 Å². The molecule has 0 saturated carbocycles. The van der Waals surface area contributed by atoms with Gasteiger partial charge in [-0.1, -0.05) is 12.1 Å². The summed E-state index contributed by atoms with van der Waals surface area (Å²) < 4.78 is 5.19. The number of thiophene rings is 1. The highest BCUT2D eigenvalue weighted by Gasteiger charge is 2.08. The summed E-state index contributed by atoms with van der Waals surface area (Å²) in [4.78, 5) is 14.6. The molecule has 0 saturated heterocycles. The fourth-order valence-electron chi connectivity index (χ4n) is 1.92. The Morgan fingerprint density at radius 3 is 2.63 bits per heavy atom. The van der Waals surface area contributed by atoms with Crippen LogP contribution in [0.4, 0.5) is 0 Å². The third kappa shape index (κ3) is 3.12. The SMILES string of the molecule is COc1ccccc1C(=O)/C=C/c1cc(C)sc1C. The van der Waals surface area contributed by atoms with Gasteiger partial charge in [0.1, 0.15) is 5.75 Å². The zero-order chi connectivity index (χ0) is 13.8. The molecule has 3 heteroatoms. The number of allylic oxidation sites excluding steroid dienone is 1. The molecule has 0 unspecified atom stereocenters. The highest BCUT2D eigenvalue weighted by atomic mass is 32.1. The zero-order valence-electron chi connectivity index (χ0n) is 11.3. The number of para-hydroxylation sites is 1. The molecular formula is C16H16O2S. The fraction of sp³-hybridized carbons (Fsp3) is 0.188. The van der Waals surface area contributed by atoms with E-state index in [-0.39, 0.29) is 5.78 Å². The van der Waals surface area contributed by atoms with Gasteiger partial charge in [0.2, 0.25) is 0 Å². The van der Waals surface area contributed by atoms with E-state index in [9.17, 15) is 4.79 Å². The van der Waals surface area contributed by atoms with Crippen molar-refractivity contribution in [3.05, 3.63) is 57.3 Å². The molecule has 0 N–H and O–H groups in total. The summed E-state index contributed by atoms with van der Waals surface area (Å²) in [6.07, 6.45) is 3.47. The Morgan fingerprint density at radius 1 is 1.26 bits per heavy atom. The van der Waals surface area contributed by atoms with E-state index in [1.54, 1.807) is 36.7 Å². The van der Waals surface area contributed by atoms with Crippen molar-refractivity contribution >= 4 is 23.2 Å². The van der Waals surface area contributed by atoms with E-state index in [2.05, 4.69) is 19.9 Å². The maximum atomic E-state index is 12.2. The molecule has 1 aromatic carbocycles. The minimum Gasteiger partial charge on any atom is -0.496 e. The van der Waals surface area contributed by atoms with Crippen molar-refractivity contribution in [2.24, 2.45) is 0 Å². The van der Waals surface area contributed by atoms with E-state index in [0.717, 1.165) is 5.56 Å². The molecule has 2 aromatic rings. The molecule has 0 atom stereocenters. The Bertz CT molecular complexity index is 623. The van der Waals surface area contributed by atoms with Crippen LogP contribution in [-0.2, 0) is 0 Å². The lowest BCUT2D eigenvalue weighted by atomic mass is 10.1. The molecule has 0 amide bonds. The lowest BCUT2D eigenvalue weighted by Crippen LogP contribution is -1.98. The van der Waals surface area contributed by atoms with Crippen LogP contribution in [0.2, 0.25) is 0 Å². The third-order valence-electron chi connectivity index (χ3n) is 2.87. The van der Waals surface area contributed by atoms with Gasteiger partial charge in [-0.05, 0) is 49.8 Å². The van der Waals surface area contributed by atoms with Gasteiger partial charge in [0.25, 0.3) is 0 Å². The maximum absolute atomic E-state index is 12.2. The Labute approximate surface area is 117 Å². The highest BCUT2D eigenvalue weighted by Crippen LogP contribution is 2.23. The predicted molar refractivity (Wildman–Crippen MR) is 80.2 cm³/mol. The van der Waals surface area contributed by atoms with Gasteiger partial charge < -0.3 is 4.74 Å². The lowest BCUT2D eigenvalue weighted by Gasteiger charge is -2.04. The summed E-state index contributed by atoms with van der Waals surface area (Å²) >= 11 is 1.74. The number of ether oxygens (including phenoxy) is 1. The molecule has 0 radical (unpaired) electrons. The molecule has 0 bridgehead atoms. The second-order valence-corrected chi connectivity index (χ2v) is 5.73. The molecule has 0 aliphatic carbocycles. The van der Waals surface area contributed by atoms with Gasteiger partial charge in [-0.25, -0.2) is 0 Å². The molecule has 0 fully saturated rings. The number of benzene rings is 1. The summed E-state index contributed by atoms with van der Waals surface area (Å²) in [5, 5.41) is 0. The first kappa shape index (κ1) is 13.6. The highest BCUT2D eigenvalue weighted by molar-refractivity contribution is 7.12. The molecular weight excluding hydrogens is 256 g/mol. The fourth-order valence-corrected chi connectivity index (χ4v) is 2.83. The third-order valence-corrected chi connectivity index (χ3v) is 3.85. The number of aryl methyl sites for hydroxylation is 2. The van der Waals surface area contributed by atoms with E-state index in [1.807, 2.05) is 18.2 Å². The van der Waals surface area contributed by atoms with Crippen LogP contribution in [0, 0.1) is 13.8 Å². The summed E-state index contributed by atoms with van der Waals surface area (Å²) in [5.41, 5.74) is 1.69. The number of hydrogen-bond acceptors (Lipinski definition) is 3. The molecule has 2 nitrogen and oxygen atoms in total. The van der Waals surface area contributed by atoms with Gasteiger partial charge in [-0.2, -0.15) is 0 Å². The van der Waals surface area contributed by atoms with Gasteiger partial charge in [-0.15, -0.1) is 11.3 Å². The van der Waals surface area contributed by atoms with E-state index >= 15 is 0 Å². The van der Waals surface area contributed by atoms with Crippen LogP contribution in [0.1, 0.15) is 25.7 Å². The van der Waals surface area contributed by atoms with Crippen LogP contribution in [0.5, 0.6) is 5.75 Å². The molecule has 1 heterocycles. The lowest BCUT2D eigenvalue weighted by molar-refractivity contribution is 0.104. The maximum Gasteiger partial charge on any atom is 0.189 e. The van der Waals surface area contributed by atoms with Gasteiger partial charge in [0, 0.05) is 9.75 Å². The summed E-state index contributed by atoms with van der Waals surface area (Å²) in [5.74, 6) is 0.566. The Kier molecular flexibility index (Phi) is 4.17. The number of methoxy groups -OCH3 is 1. The molecule has 19 heavy (non-hydrogen) atoms. The van der Waals surface area contributed by atoms with Crippen molar-refractivity contribution < 1.29 is 9.53 Å². The first-order valence-corrected chi connectivity index (χ1v) is 6.86. The molecule has 1 aromatic heterocycles. The van der Waals surface area contributed by atoms with E-state index in [1.165, 1.54) is 9.75 Å². The van der Waals surface area contributed by atoms with Crippen molar-refractivity contribution in [3.63, 3.8) is 0 Å². The molecule has 2 rings (SSSR count). The molecule has 0 aliphatic rings. The molecule has 0 aliphatic heterocycles. The quantitative estimate of drug-likeness (QED) is 0.613. The predicted octanol–water partition coefficient (Wildman–Crippen LogP) is 4.27. The summed E-state index contributed by atoms with van der Waals surface area (Å²) in [6.45, 7) is 4.13. The summed E-state index contributed by atoms with van der Waals surface area (Å²) in [6, 6.07) is 9.35. The van der Waals surface area contributed by atoms with E-state index < -0.39 is 0 Å². The second kappa shape index (κ2) is 5.85. The van der Waals surface area contributed by atoms with Crippen LogP contribution < -0.4 is 4.74 Å². The van der Waals surface area contributed by atoms with Crippen LogP contribution in [0.25, 0.3) is 6.08 Å². The minimum absolute atomic E-state index is 0.0410. The van der Waals surface area contributed by atoms with Crippen molar-refractivity contribution in [2.45, 2.75) is 13.8 Å². The first-order chi connectivity index (χ1) is 9.11. The van der Waals surface area contributed by atoms with Crippen LogP contribution in [-0.4, -0.2) is 12.9 Å². The topological polar surface area (TPSA) is 26.3 Å². The monoisotopic (exact) mass is 272 g/mol. The largest absolute Gasteiger partial charge is 0.496 e. The first-order valence-electron chi connectivity index (χ1n) is 6.04. The Morgan fingerprint density at radius 2 is 2.00 bits per heavy atom. The molecule has 98 valence electrons. The van der Waals surface area contributed by atoms with Crippen molar-refractivity contribution in [1.29, 1.82) is 0 Å². The van der Waals surface area contributed by atoms with Crippen LogP contribution in [0.15, 0.2) is 36.4 Å². The number of carbonyl (C=O) groups is 1. The van der Waals surface area contributed by atoms with Gasteiger partial charge in [-0.3, -0.25) is 4.79 Å². The minimum atomic E-state index is -0.0410. The average molecular weight is 272 g/mol. The smallest absolute Gasteiger partial charge is 0.189 e. The summed E-state index contributed by atoms with van der Waals surface area (Å²) in [7, 11) is 1.57. The van der Waals surface area contributed by atoms with Crippen LogP contribution >= 0.6 is 11.3 Å². The number of ketones is 1. The zero-order valence-corrected chi connectivity index (χ0v) is 12.1. The Hall–Kier alpha value is -1.87. The number of rotatable bonds is 4.